The van der Waals surface area contributed by atoms with Gasteiger partial charge in [-0.2, -0.15) is 13.2 Å². The van der Waals surface area contributed by atoms with Crippen LogP contribution in [0.15, 0.2) is 54.6 Å². The number of hydrogen-bond acceptors (Lipinski definition) is 2. The summed E-state index contributed by atoms with van der Waals surface area (Å²) >= 11 is 0. The highest BCUT2D eigenvalue weighted by Gasteiger charge is 2.30. The molecule has 0 bridgehead atoms. The number of carboxylic acid groups (broad SMARTS) is 1. The summed E-state index contributed by atoms with van der Waals surface area (Å²) in [5.74, 6) is -1.90. The Hall–Kier alpha value is -2.83. The van der Waals surface area contributed by atoms with Gasteiger partial charge in [-0.05, 0) is 49.1 Å². The monoisotopic (exact) mass is 365 g/mol. The smallest absolute Gasteiger partial charge is 0.416 e. The molecule has 0 fully saturated rings. The molecule has 1 atom stereocenters. The molecule has 2 aromatic carbocycles. The van der Waals surface area contributed by atoms with E-state index in [0.29, 0.717) is 12.8 Å². The summed E-state index contributed by atoms with van der Waals surface area (Å²) in [6, 6.07) is 12.0. The average molecular weight is 365 g/mol. The SMILES string of the molecule is O=C(N[C@H](CCCc1ccccc1)C(=O)O)c1ccc(C(F)(F)F)cc1. The number of nitrogens with one attached hydrogen (secondary N) is 1. The molecule has 0 unspecified atom stereocenters. The number of benzene rings is 2. The van der Waals surface area contributed by atoms with Crippen LogP contribution in [-0.4, -0.2) is 23.0 Å². The molecule has 0 aliphatic heterocycles. The summed E-state index contributed by atoms with van der Waals surface area (Å²) < 4.78 is 37.6. The minimum atomic E-state index is -4.49. The highest BCUT2D eigenvalue weighted by molar-refractivity contribution is 5.96. The van der Waals surface area contributed by atoms with E-state index in [9.17, 15) is 27.9 Å². The number of halogens is 3. The number of carbonyl (C=O) groups is 2. The van der Waals surface area contributed by atoms with Crippen molar-refractivity contribution < 1.29 is 27.9 Å². The van der Waals surface area contributed by atoms with Gasteiger partial charge < -0.3 is 10.4 Å². The van der Waals surface area contributed by atoms with Crippen LogP contribution in [0.5, 0.6) is 0 Å². The van der Waals surface area contributed by atoms with Crippen LogP contribution in [0.25, 0.3) is 0 Å². The predicted octanol–water partition coefficient (Wildman–Crippen LogP) is 3.91. The standard InChI is InChI=1S/C19H18F3NO3/c20-19(21,22)15-11-9-14(10-12-15)17(24)23-16(18(25)26)8-4-7-13-5-2-1-3-6-13/h1-3,5-6,9-12,16H,4,7-8H2,(H,23,24)(H,25,26)/t16-/m1/s1. The van der Waals surface area contributed by atoms with Gasteiger partial charge in [-0.1, -0.05) is 30.3 Å². The van der Waals surface area contributed by atoms with E-state index in [2.05, 4.69) is 5.32 Å². The molecule has 2 N–H and O–H groups in total. The molecule has 0 saturated carbocycles. The zero-order chi connectivity index (χ0) is 19.2. The van der Waals surface area contributed by atoms with Crippen molar-refractivity contribution in [3.8, 4) is 0 Å². The lowest BCUT2D eigenvalue weighted by Gasteiger charge is -2.15. The first-order chi connectivity index (χ1) is 12.3. The fourth-order valence-electron chi connectivity index (χ4n) is 2.46. The number of aliphatic carboxylic acids is 1. The highest BCUT2D eigenvalue weighted by Crippen LogP contribution is 2.29. The Bertz CT molecular complexity index is 743. The minimum absolute atomic E-state index is 0.0210. The Morgan fingerprint density at radius 3 is 2.15 bits per heavy atom. The van der Waals surface area contributed by atoms with Crippen LogP contribution in [0.4, 0.5) is 13.2 Å². The van der Waals surface area contributed by atoms with Crippen molar-refractivity contribution in [1.82, 2.24) is 5.32 Å². The Morgan fingerprint density at radius 1 is 1.00 bits per heavy atom. The molecule has 7 heteroatoms. The van der Waals surface area contributed by atoms with Crippen molar-refractivity contribution in [1.29, 1.82) is 0 Å². The third-order valence-electron chi connectivity index (χ3n) is 3.88. The first-order valence-corrected chi connectivity index (χ1v) is 8.02. The summed E-state index contributed by atoms with van der Waals surface area (Å²) in [7, 11) is 0. The van der Waals surface area contributed by atoms with Crippen LogP contribution in [0.3, 0.4) is 0 Å². The van der Waals surface area contributed by atoms with Crippen LogP contribution in [-0.2, 0) is 17.4 Å². The van der Waals surface area contributed by atoms with E-state index in [0.717, 1.165) is 29.8 Å². The second kappa shape index (κ2) is 8.51. The topological polar surface area (TPSA) is 66.4 Å². The Labute approximate surface area is 148 Å². The summed E-state index contributed by atoms with van der Waals surface area (Å²) in [5, 5.41) is 11.6. The Balaban J connectivity index is 1.94. The quantitative estimate of drug-likeness (QED) is 0.782. The van der Waals surface area contributed by atoms with E-state index in [1.54, 1.807) is 0 Å². The van der Waals surface area contributed by atoms with Crippen LogP contribution in [0.1, 0.15) is 34.3 Å². The van der Waals surface area contributed by atoms with E-state index in [-0.39, 0.29) is 12.0 Å². The average Bonchev–Trinajstić information content (AvgIpc) is 2.61. The lowest BCUT2D eigenvalue weighted by molar-refractivity contribution is -0.139. The lowest BCUT2D eigenvalue weighted by Crippen LogP contribution is -2.40. The van der Waals surface area contributed by atoms with Gasteiger partial charge >= 0.3 is 12.1 Å². The molecule has 138 valence electrons. The summed E-state index contributed by atoms with van der Waals surface area (Å²) in [5.41, 5.74) is 0.171. The van der Waals surface area contributed by atoms with Gasteiger partial charge in [0.05, 0.1) is 5.56 Å². The molecule has 26 heavy (non-hydrogen) atoms. The summed E-state index contributed by atoms with van der Waals surface area (Å²) in [6.07, 6.45) is -3.05. The van der Waals surface area contributed by atoms with E-state index < -0.39 is 29.7 Å². The maximum absolute atomic E-state index is 12.5. The molecule has 0 spiro atoms. The molecule has 0 heterocycles. The molecule has 0 aromatic heterocycles. The highest BCUT2D eigenvalue weighted by atomic mass is 19.4. The van der Waals surface area contributed by atoms with Crippen molar-refractivity contribution in [3.63, 3.8) is 0 Å². The van der Waals surface area contributed by atoms with Crippen LogP contribution < -0.4 is 5.32 Å². The lowest BCUT2D eigenvalue weighted by atomic mass is 10.0. The fourth-order valence-corrected chi connectivity index (χ4v) is 2.46. The molecule has 0 radical (unpaired) electrons. The number of aryl methyl sites for hydroxylation is 1. The molecule has 2 rings (SSSR count). The van der Waals surface area contributed by atoms with Gasteiger partial charge in [-0.25, -0.2) is 4.79 Å². The second-order valence-corrected chi connectivity index (χ2v) is 5.82. The predicted molar refractivity (Wildman–Crippen MR) is 89.7 cm³/mol. The van der Waals surface area contributed by atoms with Gasteiger partial charge in [0.1, 0.15) is 6.04 Å². The van der Waals surface area contributed by atoms with E-state index >= 15 is 0 Å². The zero-order valence-electron chi connectivity index (χ0n) is 13.8. The maximum atomic E-state index is 12.5. The van der Waals surface area contributed by atoms with Crippen molar-refractivity contribution in [2.45, 2.75) is 31.5 Å². The third kappa shape index (κ3) is 5.61. The number of carboxylic acids is 1. The molecular weight excluding hydrogens is 347 g/mol. The minimum Gasteiger partial charge on any atom is -0.480 e. The Kier molecular flexibility index (Phi) is 6.38. The molecule has 0 saturated heterocycles. The largest absolute Gasteiger partial charge is 0.480 e. The molecule has 0 aliphatic carbocycles. The van der Waals surface area contributed by atoms with Gasteiger partial charge in [0.25, 0.3) is 5.91 Å². The van der Waals surface area contributed by atoms with Gasteiger partial charge in [0, 0.05) is 5.56 Å². The third-order valence-corrected chi connectivity index (χ3v) is 3.88. The number of rotatable bonds is 7. The number of hydrogen-bond donors (Lipinski definition) is 2. The summed E-state index contributed by atoms with van der Waals surface area (Å²) in [4.78, 5) is 23.4. The first kappa shape index (κ1) is 19.5. The molecule has 1 amide bonds. The van der Waals surface area contributed by atoms with Crippen molar-refractivity contribution >= 4 is 11.9 Å². The van der Waals surface area contributed by atoms with E-state index in [1.807, 2.05) is 30.3 Å². The van der Waals surface area contributed by atoms with Crippen molar-refractivity contribution in [2.75, 3.05) is 0 Å². The maximum Gasteiger partial charge on any atom is 0.416 e. The molecule has 2 aromatic rings. The summed E-state index contributed by atoms with van der Waals surface area (Å²) in [6.45, 7) is 0. The molecular formula is C19H18F3NO3. The molecule has 0 aliphatic rings. The number of alkyl halides is 3. The fraction of sp³-hybridized carbons (Fsp3) is 0.263. The van der Waals surface area contributed by atoms with Gasteiger partial charge in [0.15, 0.2) is 0 Å². The van der Waals surface area contributed by atoms with E-state index in [4.69, 9.17) is 0 Å². The van der Waals surface area contributed by atoms with E-state index in [1.165, 1.54) is 0 Å². The second-order valence-electron chi connectivity index (χ2n) is 5.82. The first-order valence-electron chi connectivity index (χ1n) is 8.02. The molecule has 4 nitrogen and oxygen atoms in total. The van der Waals surface area contributed by atoms with Gasteiger partial charge in [-0.3, -0.25) is 4.79 Å². The normalized spacial score (nSPS) is 12.4. The van der Waals surface area contributed by atoms with Crippen LogP contribution in [0, 0.1) is 0 Å². The van der Waals surface area contributed by atoms with Crippen LogP contribution >= 0.6 is 0 Å². The van der Waals surface area contributed by atoms with Gasteiger partial charge in [-0.15, -0.1) is 0 Å². The Morgan fingerprint density at radius 2 is 1.62 bits per heavy atom. The van der Waals surface area contributed by atoms with Gasteiger partial charge in [0.2, 0.25) is 0 Å². The zero-order valence-corrected chi connectivity index (χ0v) is 13.8. The number of carbonyl (C=O) groups excluding carboxylic acids is 1. The van der Waals surface area contributed by atoms with Crippen LogP contribution in [0.2, 0.25) is 0 Å². The van der Waals surface area contributed by atoms with Crippen molar-refractivity contribution in [3.05, 3.63) is 71.3 Å². The van der Waals surface area contributed by atoms with Crippen molar-refractivity contribution in [2.24, 2.45) is 0 Å². The number of amides is 1.